The lowest BCUT2D eigenvalue weighted by atomic mass is 9.72. The number of piperidine rings is 2. The Labute approximate surface area is 257 Å². The minimum Gasteiger partial charge on any atom is -0.460 e. The van der Waals surface area contributed by atoms with Gasteiger partial charge in [-0.3, -0.25) is 0 Å². The molecule has 0 saturated carbocycles. The molecule has 3 aliphatic rings. The quantitative estimate of drug-likeness (QED) is 0.286. The zero-order valence-electron chi connectivity index (χ0n) is 23.6. The summed E-state index contributed by atoms with van der Waals surface area (Å²) in [7, 11) is 1.72. The Hall–Kier alpha value is -1.51. The van der Waals surface area contributed by atoms with E-state index < -0.39 is 11.4 Å². The van der Waals surface area contributed by atoms with E-state index in [0.29, 0.717) is 35.4 Å². The van der Waals surface area contributed by atoms with Gasteiger partial charge in [-0.2, -0.15) is 9.97 Å². The minimum atomic E-state index is -0.500. The molecule has 9 nitrogen and oxygen atoms in total. The van der Waals surface area contributed by atoms with Crippen LogP contribution in [0.3, 0.4) is 0 Å². The molecule has 0 bridgehead atoms. The average molecular weight is 734 g/mol. The Morgan fingerprint density at radius 2 is 1.85 bits per heavy atom. The van der Waals surface area contributed by atoms with Gasteiger partial charge in [0.15, 0.2) is 5.82 Å². The molecule has 3 aliphatic heterocycles. The molecule has 2 aromatic rings. The number of anilines is 1. The number of halogens is 3. The van der Waals surface area contributed by atoms with E-state index >= 15 is 4.39 Å². The van der Waals surface area contributed by atoms with E-state index in [-0.39, 0.29) is 29.1 Å². The average Bonchev–Trinajstić information content (AvgIpc) is 2.89. The minimum absolute atomic E-state index is 0.0158. The van der Waals surface area contributed by atoms with Crippen LogP contribution in [0.1, 0.15) is 46.5 Å². The molecular formula is C28H38BrFIN5O4. The maximum absolute atomic E-state index is 15.5. The van der Waals surface area contributed by atoms with E-state index in [2.05, 4.69) is 53.3 Å². The summed E-state index contributed by atoms with van der Waals surface area (Å²) in [6.45, 7) is 12.1. The van der Waals surface area contributed by atoms with Crippen molar-refractivity contribution in [1.29, 1.82) is 0 Å². The van der Waals surface area contributed by atoms with Crippen molar-refractivity contribution in [2.24, 2.45) is 5.41 Å². The number of ether oxygens (including phenoxy) is 3. The van der Waals surface area contributed by atoms with Gasteiger partial charge in [0.1, 0.15) is 23.0 Å². The number of amides is 1. The maximum Gasteiger partial charge on any atom is 0.410 e. The first-order valence-corrected chi connectivity index (χ1v) is 15.8. The Morgan fingerprint density at radius 1 is 1.18 bits per heavy atom. The summed E-state index contributed by atoms with van der Waals surface area (Å²) in [4.78, 5) is 28.3. The first kappa shape index (κ1) is 30.0. The van der Waals surface area contributed by atoms with Crippen molar-refractivity contribution in [3.05, 3.63) is 19.9 Å². The van der Waals surface area contributed by atoms with Crippen molar-refractivity contribution < 1.29 is 23.4 Å². The lowest BCUT2D eigenvalue weighted by Gasteiger charge is -2.53. The van der Waals surface area contributed by atoms with Crippen LogP contribution in [-0.2, 0) is 9.47 Å². The van der Waals surface area contributed by atoms with Crippen LogP contribution in [0.4, 0.5) is 15.0 Å². The highest BCUT2D eigenvalue weighted by Crippen LogP contribution is 2.43. The summed E-state index contributed by atoms with van der Waals surface area (Å²) in [5.41, 5.74) is -0.139. The van der Waals surface area contributed by atoms with E-state index in [0.717, 1.165) is 62.0 Å². The molecule has 12 heteroatoms. The van der Waals surface area contributed by atoms with Crippen LogP contribution in [0.15, 0.2) is 10.5 Å². The van der Waals surface area contributed by atoms with Crippen molar-refractivity contribution in [3.8, 4) is 6.01 Å². The third-order valence-corrected chi connectivity index (χ3v) is 10.4. The van der Waals surface area contributed by atoms with E-state index in [1.165, 1.54) is 0 Å². The molecule has 1 spiro atoms. The zero-order chi connectivity index (χ0) is 28.7. The van der Waals surface area contributed by atoms with Crippen LogP contribution in [0.25, 0.3) is 10.9 Å². The highest BCUT2D eigenvalue weighted by molar-refractivity contribution is 14.1. The summed E-state index contributed by atoms with van der Waals surface area (Å²) in [6, 6.07) is 2.17. The maximum atomic E-state index is 15.5. The Bertz CT molecular complexity index is 1240. The second kappa shape index (κ2) is 12.0. The molecule has 1 aromatic carbocycles. The van der Waals surface area contributed by atoms with Gasteiger partial charge in [-0.25, -0.2) is 9.18 Å². The third kappa shape index (κ3) is 6.59. The number of rotatable bonds is 6. The van der Waals surface area contributed by atoms with E-state index in [9.17, 15) is 4.79 Å². The fourth-order valence-electron chi connectivity index (χ4n) is 5.78. The van der Waals surface area contributed by atoms with Crippen molar-refractivity contribution in [2.75, 3.05) is 64.4 Å². The molecule has 3 saturated heterocycles. The molecule has 0 atom stereocenters. The number of methoxy groups -OCH3 is 1. The molecule has 0 aliphatic carbocycles. The van der Waals surface area contributed by atoms with Crippen molar-refractivity contribution in [2.45, 2.75) is 58.2 Å². The fourth-order valence-corrected chi connectivity index (χ4v) is 6.63. The van der Waals surface area contributed by atoms with Gasteiger partial charge < -0.3 is 28.9 Å². The largest absolute Gasteiger partial charge is 0.460 e. The predicted octanol–water partition coefficient (Wildman–Crippen LogP) is 5.46. The molecular weight excluding hydrogens is 696 g/mol. The first-order chi connectivity index (χ1) is 19.0. The monoisotopic (exact) mass is 733 g/mol. The van der Waals surface area contributed by atoms with Crippen molar-refractivity contribution >= 4 is 61.3 Å². The summed E-state index contributed by atoms with van der Waals surface area (Å²) in [5, 5.41) is 0.687. The second-order valence-corrected chi connectivity index (χ2v) is 14.1. The highest BCUT2D eigenvalue weighted by Gasteiger charge is 2.48. The summed E-state index contributed by atoms with van der Waals surface area (Å²) >= 11 is 5.52. The number of hydrogen-bond acceptors (Lipinski definition) is 8. The standard InChI is InChI=1S/C28H38BrFIN5O4/c1-27(2,3)40-26(37)36-16-28(17-36)7-11-35(12-8-28)24-19-15-20(31)21(29)22(30)23(19)32-25(33-24)39-18-5-9-34(10-6-18)13-14-38-4/h15,18H,5-14,16-17H2,1-4H3. The van der Waals surface area contributed by atoms with E-state index in [1.807, 2.05) is 26.8 Å². The number of carbonyl (C=O) groups is 1. The molecule has 4 heterocycles. The van der Waals surface area contributed by atoms with Gasteiger partial charge in [-0.1, -0.05) is 0 Å². The second-order valence-electron chi connectivity index (χ2n) is 12.2. The smallest absolute Gasteiger partial charge is 0.410 e. The Balaban J connectivity index is 1.31. The van der Waals surface area contributed by atoms with Gasteiger partial charge in [-0.15, -0.1) is 0 Å². The molecule has 0 N–H and O–H groups in total. The van der Waals surface area contributed by atoms with E-state index in [1.54, 1.807) is 12.0 Å². The van der Waals surface area contributed by atoms with Gasteiger partial charge >= 0.3 is 12.1 Å². The van der Waals surface area contributed by atoms with E-state index in [4.69, 9.17) is 19.2 Å². The lowest BCUT2D eigenvalue weighted by molar-refractivity contribution is -0.0434. The van der Waals surface area contributed by atoms with Crippen LogP contribution in [-0.4, -0.2) is 97.1 Å². The molecule has 1 aromatic heterocycles. The summed E-state index contributed by atoms with van der Waals surface area (Å²) in [6.07, 6.45) is 3.30. The van der Waals surface area contributed by atoms with Crippen molar-refractivity contribution in [1.82, 2.24) is 19.8 Å². The molecule has 0 radical (unpaired) electrons. The third-order valence-electron chi connectivity index (χ3n) is 8.03. The van der Waals surface area contributed by atoms with Gasteiger partial charge in [-0.05, 0) is 91.0 Å². The normalized spacial score (nSPS) is 20.2. The van der Waals surface area contributed by atoms with Crippen LogP contribution in [0.2, 0.25) is 0 Å². The van der Waals surface area contributed by atoms with Crippen LogP contribution in [0, 0.1) is 14.8 Å². The van der Waals surface area contributed by atoms with Crippen molar-refractivity contribution in [3.63, 3.8) is 0 Å². The van der Waals surface area contributed by atoms with Gasteiger partial charge in [0.2, 0.25) is 0 Å². The molecule has 220 valence electrons. The molecule has 1 amide bonds. The van der Waals surface area contributed by atoms with Gasteiger partial charge in [0, 0.05) is 67.3 Å². The number of likely N-dealkylation sites (tertiary alicyclic amines) is 2. The number of nitrogens with zero attached hydrogens (tertiary/aromatic N) is 5. The predicted molar refractivity (Wildman–Crippen MR) is 164 cm³/mol. The fraction of sp³-hybridized carbons (Fsp3) is 0.679. The SMILES string of the molecule is COCCN1CCC(Oc2nc(N3CCC4(CC3)CN(C(=O)OC(C)(C)C)C4)c3cc(I)c(Br)c(F)c3n2)CC1. The van der Waals surface area contributed by atoms with Crippen LogP contribution >= 0.6 is 38.5 Å². The van der Waals surface area contributed by atoms with Gasteiger partial charge in [0.25, 0.3) is 0 Å². The number of hydrogen-bond donors (Lipinski definition) is 0. The number of carbonyl (C=O) groups excluding carboxylic acids is 1. The Morgan fingerprint density at radius 3 is 2.48 bits per heavy atom. The molecule has 40 heavy (non-hydrogen) atoms. The summed E-state index contributed by atoms with van der Waals surface area (Å²) < 4.78 is 33.7. The molecule has 3 fully saturated rings. The summed E-state index contributed by atoms with van der Waals surface area (Å²) in [5.74, 6) is 0.310. The number of aromatic nitrogens is 2. The van der Waals surface area contributed by atoms with Crippen LogP contribution < -0.4 is 9.64 Å². The first-order valence-electron chi connectivity index (χ1n) is 13.9. The zero-order valence-corrected chi connectivity index (χ0v) is 27.4. The Kier molecular flexibility index (Phi) is 8.99. The highest BCUT2D eigenvalue weighted by atomic mass is 127. The lowest BCUT2D eigenvalue weighted by Crippen LogP contribution is -2.62. The molecule has 0 unspecified atom stereocenters. The van der Waals surface area contributed by atoms with Crippen LogP contribution in [0.5, 0.6) is 6.01 Å². The molecule has 5 rings (SSSR count). The number of fused-ring (bicyclic) bond motifs is 1. The van der Waals surface area contributed by atoms with Gasteiger partial charge in [0.05, 0.1) is 11.1 Å². The topological polar surface area (TPSA) is 80.3 Å². The number of benzene rings is 1.